The van der Waals surface area contributed by atoms with Crippen LogP contribution in [0.3, 0.4) is 0 Å². The van der Waals surface area contributed by atoms with E-state index in [0.29, 0.717) is 29.6 Å². The second-order valence-corrected chi connectivity index (χ2v) is 8.00. The summed E-state index contributed by atoms with van der Waals surface area (Å²) < 4.78 is 20.0. The first-order chi connectivity index (χ1) is 15.6. The minimum absolute atomic E-state index is 0.169. The van der Waals surface area contributed by atoms with Gasteiger partial charge in [-0.05, 0) is 69.0 Å². The van der Waals surface area contributed by atoms with Crippen LogP contribution in [0.2, 0.25) is 0 Å². The van der Waals surface area contributed by atoms with Crippen LogP contribution in [-0.2, 0) is 6.42 Å². The second kappa shape index (κ2) is 10.2. The van der Waals surface area contributed by atoms with Gasteiger partial charge in [-0.3, -0.25) is 4.99 Å². The van der Waals surface area contributed by atoms with E-state index in [2.05, 4.69) is 44.1 Å². The predicted molar refractivity (Wildman–Crippen MR) is 128 cm³/mol. The van der Waals surface area contributed by atoms with Crippen LogP contribution in [0.5, 0.6) is 5.88 Å². The highest BCUT2D eigenvalue weighted by atomic mass is 19.1. The highest BCUT2D eigenvalue weighted by Gasteiger charge is 2.18. The zero-order valence-corrected chi connectivity index (χ0v) is 18.3. The third kappa shape index (κ3) is 5.41. The van der Waals surface area contributed by atoms with Crippen LogP contribution < -0.4 is 10.1 Å². The van der Waals surface area contributed by atoms with Gasteiger partial charge in [-0.25, -0.2) is 9.37 Å². The monoisotopic (exact) mass is 433 g/mol. The molecule has 32 heavy (non-hydrogen) atoms. The van der Waals surface area contributed by atoms with E-state index >= 15 is 0 Å². The summed E-state index contributed by atoms with van der Waals surface area (Å²) in [5.74, 6) is 0.494. The van der Waals surface area contributed by atoms with E-state index in [1.165, 1.54) is 29.9 Å². The fraction of sp³-hybridized carbons (Fsp3) is 0.320. The summed E-state index contributed by atoms with van der Waals surface area (Å²) in [4.78, 5) is 15.9. The van der Waals surface area contributed by atoms with Crippen LogP contribution in [-0.4, -0.2) is 34.3 Å². The Balaban J connectivity index is 1.52. The molecule has 1 fully saturated rings. The summed E-state index contributed by atoms with van der Waals surface area (Å²) in [6.45, 7) is 5.74. The number of ether oxygens (including phenoxy) is 1. The van der Waals surface area contributed by atoms with Crippen molar-refractivity contribution in [3.05, 3.63) is 65.9 Å². The number of H-pyrrole nitrogens is 1. The molecule has 166 valence electrons. The molecule has 4 rings (SSSR count). The van der Waals surface area contributed by atoms with Crippen molar-refractivity contribution in [2.75, 3.05) is 11.9 Å². The molecular weight excluding hydrogens is 405 g/mol. The summed E-state index contributed by atoms with van der Waals surface area (Å²) in [6, 6.07) is 10.0. The van der Waals surface area contributed by atoms with Crippen molar-refractivity contribution >= 4 is 29.1 Å². The number of anilines is 1. The largest absolute Gasteiger partial charge is 0.474 e. The Kier molecular flexibility index (Phi) is 6.94. The van der Waals surface area contributed by atoms with Gasteiger partial charge in [-0.2, -0.15) is 4.98 Å². The minimum Gasteiger partial charge on any atom is -0.474 e. The molecule has 2 aromatic heterocycles. The fourth-order valence-electron chi connectivity index (χ4n) is 4.00. The van der Waals surface area contributed by atoms with Gasteiger partial charge in [0.1, 0.15) is 11.9 Å². The molecule has 1 saturated carbocycles. The number of aromatic amines is 1. The van der Waals surface area contributed by atoms with Crippen molar-refractivity contribution in [1.82, 2.24) is 15.0 Å². The summed E-state index contributed by atoms with van der Waals surface area (Å²) in [5, 5.41) is 4.52. The fourth-order valence-corrected chi connectivity index (χ4v) is 4.00. The topological polar surface area (TPSA) is 75.2 Å². The van der Waals surface area contributed by atoms with Crippen molar-refractivity contribution in [2.45, 2.75) is 45.1 Å². The van der Waals surface area contributed by atoms with Crippen molar-refractivity contribution in [3.63, 3.8) is 0 Å². The average molecular weight is 434 g/mol. The number of nitrogens with zero attached hydrogens (tertiary/aromatic N) is 3. The number of hydrogen-bond acceptors (Lipinski definition) is 5. The van der Waals surface area contributed by atoms with E-state index in [-0.39, 0.29) is 6.10 Å². The van der Waals surface area contributed by atoms with Crippen molar-refractivity contribution < 1.29 is 9.13 Å². The van der Waals surface area contributed by atoms with Crippen LogP contribution in [0, 0.1) is 0 Å². The molecule has 2 heterocycles. The first-order valence-corrected chi connectivity index (χ1v) is 11.0. The molecular formula is C25H28FN5O. The molecule has 7 heteroatoms. The zero-order valence-electron chi connectivity index (χ0n) is 18.3. The van der Waals surface area contributed by atoms with Gasteiger partial charge >= 0.3 is 0 Å². The third-order valence-electron chi connectivity index (χ3n) is 5.62. The average Bonchev–Trinajstić information content (AvgIpc) is 3.44. The van der Waals surface area contributed by atoms with Gasteiger partial charge in [0.25, 0.3) is 0 Å². The number of halogens is 1. The molecule has 0 atom stereocenters. The number of aromatic nitrogens is 3. The van der Waals surface area contributed by atoms with E-state index in [1.54, 1.807) is 13.0 Å². The molecule has 1 aliphatic rings. The number of rotatable bonds is 9. The molecule has 0 amide bonds. The smallest absolute Gasteiger partial charge is 0.226 e. The Morgan fingerprint density at radius 3 is 2.94 bits per heavy atom. The molecule has 2 N–H and O–H groups in total. The number of nitrogens with one attached hydrogen (secondary N) is 2. The normalized spacial score (nSPS) is 15.3. The van der Waals surface area contributed by atoms with Gasteiger partial charge in [0.05, 0.1) is 11.9 Å². The van der Waals surface area contributed by atoms with Crippen LogP contribution in [0.4, 0.5) is 10.3 Å². The lowest BCUT2D eigenvalue weighted by Gasteiger charge is -2.15. The Hall–Kier alpha value is -3.48. The van der Waals surface area contributed by atoms with E-state index in [0.717, 1.165) is 31.0 Å². The SMILES string of the molecule is C=N/C=C(F)\C=C(/C)c1cc(OC2CCCC2)nc(NCCc2c[nH]c3ccccc23)n1. The number of hydrogen-bond donors (Lipinski definition) is 2. The Morgan fingerprint density at radius 2 is 2.12 bits per heavy atom. The summed E-state index contributed by atoms with van der Waals surface area (Å²) in [7, 11) is 0. The number of fused-ring (bicyclic) bond motifs is 1. The third-order valence-corrected chi connectivity index (χ3v) is 5.62. The maximum atomic E-state index is 13.9. The van der Waals surface area contributed by atoms with Crippen LogP contribution in [0.1, 0.15) is 43.9 Å². The maximum absolute atomic E-state index is 13.9. The summed E-state index contributed by atoms with van der Waals surface area (Å²) in [5.41, 5.74) is 3.61. The molecule has 1 aliphatic carbocycles. The second-order valence-electron chi connectivity index (χ2n) is 8.00. The van der Waals surface area contributed by atoms with Crippen LogP contribution in [0.25, 0.3) is 16.5 Å². The van der Waals surface area contributed by atoms with Crippen molar-refractivity contribution in [3.8, 4) is 5.88 Å². The van der Waals surface area contributed by atoms with Gasteiger partial charge in [0, 0.05) is 29.7 Å². The lowest BCUT2D eigenvalue weighted by Crippen LogP contribution is -2.14. The lowest BCUT2D eigenvalue weighted by atomic mass is 10.1. The number of para-hydroxylation sites is 1. The van der Waals surface area contributed by atoms with Gasteiger partial charge in [-0.15, -0.1) is 0 Å². The Bertz CT molecular complexity index is 1140. The van der Waals surface area contributed by atoms with Gasteiger partial charge in [0.2, 0.25) is 11.8 Å². The lowest BCUT2D eigenvalue weighted by molar-refractivity contribution is 0.201. The van der Waals surface area contributed by atoms with Gasteiger partial charge < -0.3 is 15.0 Å². The summed E-state index contributed by atoms with van der Waals surface area (Å²) >= 11 is 0. The van der Waals surface area contributed by atoms with Gasteiger partial charge in [0.15, 0.2) is 0 Å². The van der Waals surface area contributed by atoms with E-state index in [9.17, 15) is 4.39 Å². The molecule has 6 nitrogen and oxygen atoms in total. The molecule has 3 aromatic rings. The highest BCUT2D eigenvalue weighted by molar-refractivity contribution is 5.83. The Labute approximate surface area is 187 Å². The quantitative estimate of drug-likeness (QED) is 0.328. The van der Waals surface area contributed by atoms with Gasteiger partial charge in [-0.1, -0.05) is 18.2 Å². The van der Waals surface area contributed by atoms with Crippen molar-refractivity contribution in [1.29, 1.82) is 0 Å². The maximum Gasteiger partial charge on any atom is 0.226 e. The first kappa shape index (κ1) is 21.7. The van der Waals surface area contributed by atoms with Crippen molar-refractivity contribution in [2.24, 2.45) is 4.99 Å². The summed E-state index contributed by atoms with van der Waals surface area (Å²) in [6.07, 6.45) is 9.86. The minimum atomic E-state index is -0.483. The molecule has 0 spiro atoms. The van der Waals surface area contributed by atoms with E-state index in [4.69, 9.17) is 4.74 Å². The molecule has 0 aliphatic heterocycles. The molecule has 0 unspecified atom stereocenters. The highest BCUT2D eigenvalue weighted by Crippen LogP contribution is 2.26. The van der Waals surface area contributed by atoms with E-state index < -0.39 is 5.83 Å². The number of benzene rings is 1. The van der Waals surface area contributed by atoms with Crippen LogP contribution >= 0.6 is 0 Å². The number of aliphatic imine (C=N–C) groups is 1. The molecule has 0 saturated heterocycles. The molecule has 1 aromatic carbocycles. The number of allylic oxidation sites excluding steroid dienone is 3. The molecule has 0 radical (unpaired) electrons. The Morgan fingerprint density at radius 1 is 1.31 bits per heavy atom. The van der Waals surface area contributed by atoms with Crippen LogP contribution in [0.15, 0.2) is 59.6 Å². The predicted octanol–water partition coefficient (Wildman–Crippen LogP) is 5.85. The van der Waals surface area contributed by atoms with E-state index in [1.807, 2.05) is 18.3 Å². The zero-order chi connectivity index (χ0) is 22.3. The standard InChI is InChI=1S/C25H28FN5O/c1-17(13-19(26)16-27-2)23-14-24(32-20-7-3-4-8-20)31-25(30-23)28-12-11-18-15-29-22-10-6-5-9-21(18)22/h5-6,9-10,13-16,20,29H,2-4,7-8,11-12H2,1H3,(H,28,30,31)/b17-13+,19-16+. The first-order valence-electron chi connectivity index (χ1n) is 11.0. The molecule has 0 bridgehead atoms.